The minimum Gasteiger partial charge on any atom is -0.495 e. The summed E-state index contributed by atoms with van der Waals surface area (Å²) in [7, 11) is 1.55. The van der Waals surface area contributed by atoms with E-state index < -0.39 is 5.54 Å². The Morgan fingerprint density at radius 3 is 2.65 bits per heavy atom. The molecule has 3 aromatic rings. The summed E-state index contributed by atoms with van der Waals surface area (Å²) in [5, 5.41) is 2.95. The van der Waals surface area contributed by atoms with Crippen molar-refractivity contribution in [3.8, 4) is 5.75 Å². The predicted molar refractivity (Wildman–Crippen MR) is 139 cm³/mol. The van der Waals surface area contributed by atoms with E-state index in [-0.39, 0.29) is 18.3 Å². The summed E-state index contributed by atoms with van der Waals surface area (Å²) in [4.78, 5) is 15.5. The van der Waals surface area contributed by atoms with E-state index in [0.717, 1.165) is 55.4 Å². The quantitative estimate of drug-likeness (QED) is 0.425. The van der Waals surface area contributed by atoms with Gasteiger partial charge in [0.1, 0.15) is 23.1 Å². The fourth-order valence-corrected chi connectivity index (χ4v) is 4.66. The number of nitrogens with one attached hydrogen (secondary N) is 3. The summed E-state index contributed by atoms with van der Waals surface area (Å²) in [6, 6.07) is 13.7. The molecule has 9 heteroatoms. The first kappa shape index (κ1) is 25.0. The van der Waals surface area contributed by atoms with E-state index in [1.165, 1.54) is 12.1 Å². The molecule has 37 heavy (non-hydrogen) atoms. The van der Waals surface area contributed by atoms with Crippen LogP contribution in [0.1, 0.15) is 39.9 Å². The molecule has 2 aliphatic heterocycles. The van der Waals surface area contributed by atoms with Crippen LogP contribution in [-0.4, -0.2) is 44.2 Å². The molecular formula is C28H31FN4O4. The molecule has 0 spiro atoms. The van der Waals surface area contributed by atoms with Crippen LogP contribution in [0.4, 0.5) is 10.1 Å². The normalized spacial score (nSPS) is 19.5. The maximum absolute atomic E-state index is 13.3. The van der Waals surface area contributed by atoms with Crippen molar-refractivity contribution < 1.29 is 23.1 Å². The van der Waals surface area contributed by atoms with Crippen molar-refractivity contribution in [2.24, 2.45) is 0 Å². The first-order valence-corrected chi connectivity index (χ1v) is 12.3. The second kappa shape index (κ2) is 10.8. The zero-order valence-electron chi connectivity index (χ0n) is 21.0. The molecule has 0 aliphatic carbocycles. The number of hydrogen-bond acceptors (Lipinski definition) is 7. The number of nitrogens with zero attached hydrogens (tertiary/aromatic N) is 1. The van der Waals surface area contributed by atoms with Crippen LogP contribution in [0.2, 0.25) is 0 Å². The number of rotatable bonds is 8. The number of hydrazine groups is 1. The SMILES string of the molecule is COc1c(C(=O)NCc2ccc(CN3CCOCC3)o2)ccc2c1C(C)(/C=C/c1ccc(F)cc1)NN2. The van der Waals surface area contributed by atoms with Gasteiger partial charge in [-0.05, 0) is 48.9 Å². The number of fused-ring (bicyclic) bond motifs is 1. The van der Waals surface area contributed by atoms with Gasteiger partial charge in [0.25, 0.3) is 5.91 Å². The second-order valence-electron chi connectivity index (χ2n) is 9.35. The second-order valence-corrected chi connectivity index (χ2v) is 9.35. The highest BCUT2D eigenvalue weighted by Crippen LogP contribution is 2.43. The van der Waals surface area contributed by atoms with Crippen LogP contribution < -0.4 is 20.9 Å². The first-order chi connectivity index (χ1) is 17.9. The summed E-state index contributed by atoms with van der Waals surface area (Å²) in [6.07, 6.45) is 3.86. The van der Waals surface area contributed by atoms with Crippen LogP contribution in [0, 0.1) is 5.82 Å². The van der Waals surface area contributed by atoms with E-state index >= 15 is 0 Å². The molecule has 1 unspecified atom stereocenters. The van der Waals surface area contributed by atoms with Crippen molar-refractivity contribution >= 4 is 17.7 Å². The Balaban J connectivity index is 1.30. The molecule has 0 bridgehead atoms. The van der Waals surface area contributed by atoms with E-state index in [9.17, 15) is 9.18 Å². The number of anilines is 1. The molecule has 1 atom stereocenters. The van der Waals surface area contributed by atoms with Crippen LogP contribution >= 0.6 is 0 Å². The van der Waals surface area contributed by atoms with Gasteiger partial charge in [0.15, 0.2) is 0 Å². The Bertz CT molecular complexity index is 1280. The van der Waals surface area contributed by atoms with Gasteiger partial charge in [-0.1, -0.05) is 24.3 Å². The minimum atomic E-state index is -0.666. The number of benzene rings is 2. The van der Waals surface area contributed by atoms with Crippen molar-refractivity contribution in [3.63, 3.8) is 0 Å². The van der Waals surface area contributed by atoms with Crippen LogP contribution in [0.25, 0.3) is 6.08 Å². The third-order valence-electron chi connectivity index (χ3n) is 6.69. The van der Waals surface area contributed by atoms with Crippen LogP contribution in [0.3, 0.4) is 0 Å². The van der Waals surface area contributed by atoms with E-state index in [1.54, 1.807) is 25.3 Å². The average molecular weight is 507 g/mol. The Hall–Kier alpha value is -3.66. The molecule has 3 heterocycles. The maximum atomic E-state index is 13.3. The van der Waals surface area contributed by atoms with Gasteiger partial charge < -0.3 is 24.6 Å². The largest absolute Gasteiger partial charge is 0.495 e. The highest BCUT2D eigenvalue weighted by Gasteiger charge is 2.37. The highest BCUT2D eigenvalue weighted by atomic mass is 19.1. The number of ether oxygens (including phenoxy) is 2. The van der Waals surface area contributed by atoms with Gasteiger partial charge in [-0.2, -0.15) is 0 Å². The van der Waals surface area contributed by atoms with Crippen molar-refractivity contribution in [2.75, 3.05) is 38.8 Å². The number of carbonyl (C=O) groups is 1. The van der Waals surface area contributed by atoms with Gasteiger partial charge in [0.05, 0.1) is 50.2 Å². The fourth-order valence-electron chi connectivity index (χ4n) is 4.66. The lowest BCUT2D eigenvalue weighted by Gasteiger charge is -2.25. The lowest BCUT2D eigenvalue weighted by molar-refractivity contribution is 0.0312. The van der Waals surface area contributed by atoms with Gasteiger partial charge in [-0.3, -0.25) is 9.69 Å². The summed E-state index contributed by atoms with van der Waals surface area (Å²) in [5.41, 5.74) is 8.68. The zero-order valence-corrected chi connectivity index (χ0v) is 21.0. The molecule has 1 saturated heterocycles. The lowest BCUT2D eigenvalue weighted by atomic mass is 9.89. The number of furan rings is 1. The maximum Gasteiger partial charge on any atom is 0.255 e. The first-order valence-electron chi connectivity index (χ1n) is 12.3. The van der Waals surface area contributed by atoms with E-state index in [2.05, 4.69) is 21.1 Å². The fraction of sp³-hybridized carbons (Fsp3) is 0.321. The molecule has 1 aromatic heterocycles. The average Bonchev–Trinajstić information content (AvgIpc) is 3.51. The van der Waals surface area contributed by atoms with Gasteiger partial charge >= 0.3 is 0 Å². The zero-order chi connectivity index (χ0) is 25.8. The molecular weight excluding hydrogens is 475 g/mol. The molecule has 1 amide bonds. The standard InChI is InChI=1S/C28H31FN4O4/c1-28(12-11-19-3-5-20(29)6-4-19)25-24(31-32-28)10-9-23(26(25)35-2)27(34)30-17-21-7-8-22(37-21)18-33-13-15-36-16-14-33/h3-12,31-32H,13-18H2,1-2H3,(H,30,34)/b12-11+. The minimum absolute atomic E-state index is 0.262. The van der Waals surface area contributed by atoms with Gasteiger partial charge in [0.2, 0.25) is 0 Å². The number of halogens is 1. The summed E-state index contributed by atoms with van der Waals surface area (Å²) >= 11 is 0. The van der Waals surface area contributed by atoms with Crippen molar-refractivity contribution in [3.05, 3.63) is 88.6 Å². The highest BCUT2D eigenvalue weighted by molar-refractivity contribution is 5.98. The number of carbonyl (C=O) groups excluding carboxylic acids is 1. The van der Waals surface area contributed by atoms with Gasteiger partial charge in [-0.25, -0.2) is 9.82 Å². The Morgan fingerprint density at radius 1 is 1.14 bits per heavy atom. The molecule has 8 nitrogen and oxygen atoms in total. The third-order valence-corrected chi connectivity index (χ3v) is 6.69. The number of methoxy groups -OCH3 is 1. The van der Waals surface area contributed by atoms with Crippen molar-refractivity contribution in [1.82, 2.24) is 15.6 Å². The van der Waals surface area contributed by atoms with E-state index in [1.807, 2.05) is 37.3 Å². The Labute approximate surface area is 215 Å². The molecule has 194 valence electrons. The van der Waals surface area contributed by atoms with Gasteiger partial charge in [0, 0.05) is 18.7 Å². The Kier molecular flexibility index (Phi) is 7.27. The molecule has 2 aromatic carbocycles. The smallest absolute Gasteiger partial charge is 0.255 e. The molecule has 5 rings (SSSR count). The van der Waals surface area contributed by atoms with E-state index in [4.69, 9.17) is 13.9 Å². The number of amides is 1. The molecule has 0 radical (unpaired) electrons. The lowest BCUT2D eigenvalue weighted by Crippen LogP contribution is -2.35. The van der Waals surface area contributed by atoms with E-state index in [0.29, 0.717) is 17.1 Å². The van der Waals surface area contributed by atoms with Crippen LogP contribution in [0.5, 0.6) is 5.75 Å². The summed E-state index contributed by atoms with van der Waals surface area (Å²) in [5.74, 6) is 1.48. The summed E-state index contributed by atoms with van der Waals surface area (Å²) < 4.78 is 30.4. The predicted octanol–water partition coefficient (Wildman–Crippen LogP) is 4.05. The molecule has 0 saturated carbocycles. The van der Waals surface area contributed by atoms with Gasteiger partial charge in [-0.15, -0.1) is 0 Å². The molecule has 3 N–H and O–H groups in total. The summed E-state index contributed by atoms with van der Waals surface area (Å²) in [6.45, 7) is 6.20. The van der Waals surface area contributed by atoms with Crippen LogP contribution in [-0.2, 0) is 23.4 Å². The molecule has 2 aliphatic rings. The monoisotopic (exact) mass is 506 g/mol. The number of hydrogen-bond donors (Lipinski definition) is 3. The van der Waals surface area contributed by atoms with Crippen molar-refractivity contribution in [2.45, 2.75) is 25.6 Å². The number of morpholine rings is 1. The topological polar surface area (TPSA) is 88.0 Å². The van der Waals surface area contributed by atoms with Crippen molar-refractivity contribution in [1.29, 1.82) is 0 Å². The Morgan fingerprint density at radius 2 is 1.89 bits per heavy atom. The third kappa shape index (κ3) is 5.53. The molecule has 1 fully saturated rings. The van der Waals surface area contributed by atoms with Crippen LogP contribution in [0.15, 0.2) is 59.0 Å².